The van der Waals surface area contributed by atoms with Gasteiger partial charge in [-0.05, 0) is 71.8 Å². The summed E-state index contributed by atoms with van der Waals surface area (Å²) in [4.78, 5) is 39.8. The van der Waals surface area contributed by atoms with E-state index in [1.807, 2.05) is 42.5 Å². The predicted molar refractivity (Wildman–Crippen MR) is 156 cm³/mol. The molecule has 0 bridgehead atoms. The Kier molecular flexibility index (Phi) is 8.28. The second kappa shape index (κ2) is 12.2. The summed E-state index contributed by atoms with van der Waals surface area (Å²) in [6.07, 6.45) is 1.42. The van der Waals surface area contributed by atoms with E-state index in [0.29, 0.717) is 35.3 Å². The minimum atomic E-state index is -0.836. The lowest BCUT2D eigenvalue weighted by atomic mass is 10.1. The number of carbonyl (C=O) groups is 3. The van der Waals surface area contributed by atoms with Crippen LogP contribution in [0.2, 0.25) is 5.02 Å². The summed E-state index contributed by atoms with van der Waals surface area (Å²) < 4.78 is 12.5. The molecule has 1 aliphatic heterocycles. The number of ether oxygens (including phenoxy) is 2. The van der Waals surface area contributed by atoms with E-state index < -0.39 is 17.8 Å². The number of hydrogen-bond acceptors (Lipinski definition) is 5. The number of halogens is 2. The first-order valence-electron chi connectivity index (χ1n) is 12.2. The summed E-state index contributed by atoms with van der Waals surface area (Å²) >= 11 is 9.35. The van der Waals surface area contributed by atoms with Gasteiger partial charge in [-0.3, -0.25) is 14.9 Å². The lowest BCUT2D eigenvalue weighted by Crippen LogP contribution is -2.54. The Labute approximate surface area is 244 Å². The topological polar surface area (TPSA) is 84.9 Å². The van der Waals surface area contributed by atoms with Crippen molar-refractivity contribution in [1.82, 2.24) is 5.32 Å². The molecule has 5 rings (SSSR count). The van der Waals surface area contributed by atoms with Gasteiger partial charge < -0.3 is 9.47 Å². The Morgan fingerprint density at radius 3 is 2.20 bits per heavy atom. The van der Waals surface area contributed by atoms with Crippen molar-refractivity contribution in [1.29, 1.82) is 0 Å². The molecule has 1 heterocycles. The van der Waals surface area contributed by atoms with E-state index in [2.05, 4.69) is 21.2 Å². The Bertz CT molecular complexity index is 1590. The molecule has 1 N–H and O–H groups in total. The number of rotatable bonds is 8. The monoisotopic (exact) mass is 616 g/mol. The summed E-state index contributed by atoms with van der Waals surface area (Å²) in [7, 11) is 0. The van der Waals surface area contributed by atoms with Crippen molar-refractivity contribution in [2.45, 2.75) is 13.2 Å². The first-order valence-corrected chi connectivity index (χ1v) is 13.4. The second-order valence-electron chi connectivity index (χ2n) is 8.82. The molecule has 1 fully saturated rings. The number of anilines is 1. The lowest BCUT2D eigenvalue weighted by molar-refractivity contribution is -0.122. The average Bonchev–Trinajstić information content (AvgIpc) is 2.95. The van der Waals surface area contributed by atoms with Crippen LogP contribution in [-0.2, 0) is 22.8 Å². The van der Waals surface area contributed by atoms with Crippen LogP contribution in [0.15, 0.2) is 107 Å². The van der Waals surface area contributed by atoms with Crippen LogP contribution < -0.4 is 19.7 Å². The van der Waals surface area contributed by atoms with E-state index in [9.17, 15) is 14.4 Å². The molecule has 4 aromatic rings. The normalized spacial score (nSPS) is 14.3. The molecule has 0 radical (unpaired) electrons. The third-order valence-electron chi connectivity index (χ3n) is 6.02. The van der Waals surface area contributed by atoms with Gasteiger partial charge in [0, 0.05) is 15.1 Å². The number of barbiturate groups is 1. The number of carbonyl (C=O) groups excluding carboxylic acids is 3. The van der Waals surface area contributed by atoms with Crippen LogP contribution in [-0.4, -0.2) is 17.8 Å². The van der Waals surface area contributed by atoms with Gasteiger partial charge in [-0.1, -0.05) is 70.0 Å². The quantitative estimate of drug-likeness (QED) is 0.171. The van der Waals surface area contributed by atoms with Gasteiger partial charge in [0.05, 0.1) is 5.69 Å². The Balaban J connectivity index is 1.35. The molecule has 0 aromatic heterocycles. The third kappa shape index (κ3) is 6.42. The largest absolute Gasteiger partial charge is 0.489 e. The molecule has 0 unspecified atom stereocenters. The zero-order chi connectivity index (χ0) is 28.1. The highest BCUT2D eigenvalue weighted by Gasteiger charge is 2.37. The fourth-order valence-corrected chi connectivity index (χ4v) is 4.49. The first-order chi connectivity index (χ1) is 19.4. The van der Waals surface area contributed by atoms with Crippen LogP contribution in [0.3, 0.4) is 0 Å². The number of urea groups is 1. The van der Waals surface area contributed by atoms with Crippen molar-refractivity contribution in [3.63, 3.8) is 0 Å². The number of nitrogens with one attached hydrogen (secondary N) is 1. The molecule has 0 atom stereocenters. The van der Waals surface area contributed by atoms with E-state index in [1.54, 1.807) is 54.6 Å². The summed E-state index contributed by atoms with van der Waals surface area (Å²) in [6, 6.07) is 27.8. The average molecular weight is 618 g/mol. The molecule has 4 aromatic carbocycles. The fraction of sp³-hybridized carbons (Fsp3) is 0.0645. The van der Waals surface area contributed by atoms with Gasteiger partial charge in [0.25, 0.3) is 11.8 Å². The SMILES string of the molecule is O=C1NC(=O)N(c2ccc(OCc3ccc(Cl)cc3)cc2)C(=O)/C1=C/c1cc(Br)ccc1OCc1ccccc1. The zero-order valence-corrected chi connectivity index (χ0v) is 23.3. The Hall–Kier alpha value is -4.40. The summed E-state index contributed by atoms with van der Waals surface area (Å²) in [5, 5.41) is 2.89. The van der Waals surface area contributed by atoms with E-state index in [0.717, 1.165) is 20.5 Å². The highest BCUT2D eigenvalue weighted by molar-refractivity contribution is 9.10. The van der Waals surface area contributed by atoms with Crippen LogP contribution in [0, 0.1) is 0 Å². The number of imide groups is 2. The van der Waals surface area contributed by atoms with Gasteiger partial charge in [0.1, 0.15) is 30.3 Å². The van der Waals surface area contributed by atoms with Gasteiger partial charge in [-0.2, -0.15) is 0 Å². The van der Waals surface area contributed by atoms with Crippen molar-refractivity contribution in [3.8, 4) is 11.5 Å². The van der Waals surface area contributed by atoms with Gasteiger partial charge in [-0.25, -0.2) is 9.69 Å². The molecule has 1 saturated heterocycles. The Morgan fingerprint density at radius 1 is 0.800 bits per heavy atom. The van der Waals surface area contributed by atoms with Crippen LogP contribution in [0.1, 0.15) is 16.7 Å². The maximum absolute atomic E-state index is 13.4. The van der Waals surface area contributed by atoms with E-state index in [1.165, 1.54) is 6.08 Å². The van der Waals surface area contributed by atoms with Crippen LogP contribution in [0.4, 0.5) is 10.5 Å². The van der Waals surface area contributed by atoms with Gasteiger partial charge in [0.15, 0.2) is 0 Å². The molecule has 0 spiro atoms. The molecule has 4 amide bonds. The minimum absolute atomic E-state index is 0.203. The van der Waals surface area contributed by atoms with Gasteiger partial charge in [0.2, 0.25) is 0 Å². The second-order valence-corrected chi connectivity index (χ2v) is 10.2. The summed E-state index contributed by atoms with van der Waals surface area (Å²) in [5.41, 5.74) is 2.49. The van der Waals surface area contributed by atoms with Crippen molar-refractivity contribution in [2.24, 2.45) is 0 Å². The van der Waals surface area contributed by atoms with E-state index in [-0.39, 0.29) is 11.3 Å². The van der Waals surface area contributed by atoms with Crippen molar-refractivity contribution in [3.05, 3.63) is 129 Å². The number of hydrogen-bond donors (Lipinski definition) is 1. The van der Waals surface area contributed by atoms with Gasteiger partial charge >= 0.3 is 6.03 Å². The smallest absolute Gasteiger partial charge is 0.335 e. The highest BCUT2D eigenvalue weighted by atomic mass is 79.9. The molecule has 0 saturated carbocycles. The first kappa shape index (κ1) is 27.2. The van der Waals surface area contributed by atoms with Crippen molar-refractivity contribution >= 4 is 57.1 Å². The van der Waals surface area contributed by atoms with E-state index in [4.69, 9.17) is 21.1 Å². The number of amides is 4. The van der Waals surface area contributed by atoms with Crippen molar-refractivity contribution < 1.29 is 23.9 Å². The molecule has 40 heavy (non-hydrogen) atoms. The molecular formula is C31H22BrClN2O5. The van der Waals surface area contributed by atoms with Crippen LogP contribution in [0.5, 0.6) is 11.5 Å². The molecule has 9 heteroatoms. The predicted octanol–water partition coefficient (Wildman–Crippen LogP) is 6.93. The molecule has 7 nitrogen and oxygen atoms in total. The molecule has 0 aliphatic carbocycles. The Morgan fingerprint density at radius 2 is 1.48 bits per heavy atom. The van der Waals surface area contributed by atoms with Gasteiger partial charge in [-0.15, -0.1) is 0 Å². The summed E-state index contributed by atoms with van der Waals surface area (Å²) in [6.45, 7) is 0.623. The van der Waals surface area contributed by atoms with Crippen LogP contribution in [0.25, 0.3) is 6.08 Å². The third-order valence-corrected chi connectivity index (χ3v) is 6.77. The van der Waals surface area contributed by atoms with E-state index >= 15 is 0 Å². The maximum Gasteiger partial charge on any atom is 0.335 e. The fourth-order valence-electron chi connectivity index (χ4n) is 3.99. The highest BCUT2D eigenvalue weighted by Crippen LogP contribution is 2.29. The molecular weight excluding hydrogens is 596 g/mol. The molecule has 1 aliphatic rings. The zero-order valence-electron chi connectivity index (χ0n) is 21.0. The standard InChI is InChI=1S/C31H22BrClN2O5/c32-23-8-15-28(40-19-20-4-2-1-3-5-20)22(16-23)17-27-29(36)34-31(38)35(30(27)37)25-11-13-26(14-12-25)39-18-21-6-9-24(33)10-7-21/h1-17H,18-19H2,(H,34,36,38)/b27-17+. The lowest BCUT2D eigenvalue weighted by Gasteiger charge is -2.26. The number of nitrogens with zero attached hydrogens (tertiary/aromatic N) is 1. The van der Waals surface area contributed by atoms with Crippen LogP contribution >= 0.6 is 27.5 Å². The van der Waals surface area contributed by atoms with Crippen molar-refractivity contribution in [2.75, 3.05) is 4.90 Å². The maximum atomic E-state index is 13.4. The molecule has 200 valence electrons. The number of benzene rings is 4. The summed E-state index contributed by atoms with van der Waals surface area (Å²) in [5.74, 6) is -0.517. The minimum Gasteiger partial charge on any atom is -0.489 e.